The third kappa shape index (κ3) is 2.95. The van der Waals surface area contributed by atoms with E-state index in [-0.39, 0.29) is 5.97 Å². The van der Waals surface area contributed by atoms with Crippen molar-refractivity contribution in [2.45, 2.75) is 0 Å². The van der Waals surface area contributed by atoms with Crippen molar-refractivity contribution in [1.29, 1.82) is 0 Å². The Morgan fingerprint density at radius 3 is 2.61 bits per heavy atom. The normalized spacial score (nSPS) is 9.89. The zero-order valence-corrected chi connectivity index (χ0v) is 10.3. The molecule has 92 valence electrons. The van der Waals surface area contributed by atoms with Crippen LogP contribution in [0.5, 0.6) is 0 Å². The Bertz CT molecular complexity index is 558. The Hall–Kier alpha value is -2.14. The van der Waals surface area contributed by atoms with Crippen molar-refractivity contribution in [2.24, 2.45) is 0 Å². The van der Waals surface area contributed by atoms with Crippen molar-refractivity contribution in [3.63, 3.8) is 0 Å². The molecular formula is C12H10ClN3O2. The summed E-state index contributed by atoms with van der Waals surface area (Å²) in [7, 11) is 1.34. The van der Waals surface area contributed by atoms with E-state index in [4.69, 9.17) is 11.6 Å². The number of aromatic nitrogens is 2. The van der Waals surface area contributed by atoms with Crippen LogP contribution in [0.4, 0.5) is 11.5 Å². The molecule has 5 nitrogen and oxygen atoms in total. The van der Waals surface area contributed by atoms with E-state index >= 15 is 0 Å². The lowest BCUT2D eigenvalue weighted by Crippen LogP contribution is -2.01. The molecule has 0 saturated carbocycles. The van der Waals surface area contributed by atoms with Crippen LogP contribution in [0, 0.1) is 0 Å². The number of benzene rings is 1. The number of esters is 1. The molecule has 1 heterocycles. The molecule has 18 heavy (non-hydrogen) atoms. The Labute approximate surface area is 109 Å². The van der Waals surface area contributed by atoms with Crippen LogP contribution in [0.3, 0.4) is 0 Å². The third-order valence-electron chi connectivity index (χ3n) is 2.21. The van der Waals surface area contributed by atoms with E-state index in [2.05, 4.69) is 20.0 Å². The van der Waals surface area contributed by atoms with Crippen LogP contribution in [0.1, 0.15) is 10.4 Å². The van der Waals surface area contributed by atoms with E-state index in [0.29, 0.717) is 16.5 Å². The van der Waals surface area contributed by atoms with Crippen molar-refractivity contribution < 1.29 is 9.53 Å². The molecule has 6 heteroatoms. The maximum atomic E-state index is 11.2. The van der Waals surface area contributed by atoms with Crippen LogP contribution < -0.4 is 5.32 Å². The minimum atomic E-state index is -0.369. The molecule has 1 aromatic carbocycles. The van der Waals surface area contributed by atoms with Gasteiger partial charge < -0.3 is 10.1 Å². The fourth-order valence-corrected chi connectivity index (χ4v) is 1.50. The monoisotopic (exact) mass is 263 g/mol. The number of methoxy groups -OCH3 is 1. The summed E-state index contributed by atoms with van der Waals surface area (Å²) in [5.41, 5.74) is 1.28. The van der Waals surface area contributed by atoms with E-state index in [1.54, 1.807) is 30.3 Å². The number of carbonyl (C=O) groups excluding carboxylic acids is 1. The van der Waals surface area contributed by atoms with E-state index in [1.165, 1.54) is 13.4 Å². The molecule has 2 rings (SSSR count). The lowest BCUT2D eigenvalue weighted by atomic mass is 10.2. The first-order valence-corrected chi connectivity index (χ1v) is 5.50. The van der Waals surface area contributed by atoms with Gasteiger partial charge in [0.1, 0.15) is 17.3 Å². The largest absolute Gasteiger partial charge is 0.465 e. The molecule has 0 atom stereocenters. The first kappa shape index (κ1) is 12.3. The molecule has 2 aromatic rings. The standard InChI is InChI=1S/C12H10ClN3O2/c1-18-12(17)8-2-4-9(5-3-8)16-11-6-10(13)14-7-15-11/h2-7H,1H3,(H,14,15,16). The lowest BCUT2D eigenvalue weighted by Gasteiger charge is -2.06. The van der Waals surface area contributed by atoms with Crippen LogP contribution in [0.2, 0.25) is 5.15 Å². The number of carbonyl (C=O) groups is 1. The highest BCUT2D eigenvalue weighted by Gasteiger charge is 2.04. The van der Waals surface area contributed by atoms with Gasteiger partial charge in [-0.05, 0) is 24.3 Å². The van der Waals surface area contributed by atoms with Gasteiger partial charge in [0.25, 0.3) is 0 Å². The number of anilines is 2. The molecule has 0 amide bonds. The van der Waals surface area contributed by atoms with Crippen molar-refractivity contribution in [2.75, 3.05) is 12.4 Å². The molecule has 0 unspecified atom stereocenters. The summed E-state index contributed by atoms with van der Waals surface area (Å²) in [6, 6.07) is 8.44. The van der Waals surface area contributed by atoms with Crippen LogP contribution >= 0.6 is 11.6 Å². The molecule has 0 bridgehead atoms. The van der Waals surface area contributed by atoms with Gasteiger partial charge in [0.2, 0.25) is 0 Å². The van der Waals surface area contributed by atoms with Gasteiger partial charge in [-0.25, -0.2) is 14.8 Å². The molecule has 0 aliphatic carbocycles. The molecule has 0 radical (unpaired) electrons. The van der Waals surface area contributed by atoms with Crippen LogP contribution in [0.25, 0.3) is 0 Å². The number of halogens is 1. The van der Waals surface area contributed by atoms with E-state index in [0.717, 1.165) is 5.69 Å². The minimum Gasteiger partial charge on any atom is -0.465 e. The highest BCUT2D eigenvalue weighted by Crippen LogP contribution is 2.17. The van der Waals surface area contributed by atoms with Crippen molar-refractivity contribution in [1.82, 2.24) is 9.97 Å². The van der Waals surface area contributed by atoms with Crippen molar-refractivity contribution in [3.05, 3.63) is 47.4 Å². The van der Waals surface area contributed by atoms with Crippen molar-refractivity contribution >= 4 is 29.1 Å². The summed E-state index contributed by atoms with van der Waals surface area (Å²) in [6.45, 7) is 0. The Morgan fingerprint density at radius 1 is 1.28 bits per heavy atom. The van der Waals surface area contributed by atoms with Gasteiger partial charge >= 0.3 is 5.97 Å². The highest BCUT2D eigenvalue weighted by atomic mass is 35.5. The number of hydrogen-bond acceptors (Lipinski definition) is 5. The molecule has 1 N–H and O–H groups in total. The molecular weight excluding hydrogens is 254 g/mol. The van der Waals surface area contributed by atoms with Gasteiger partial charge in [-0.1, -0.05) is 11.6 Å². The summed E-state index contributed by atoms with van der Waals surface area (Å²) >= 11 is 5.74. The van der Waals surface area contributed by atoms with Crippen LogP contribution in [-0.2, 0) is 4.74 Å². The fourth-order valence-electron chi connectivity index (χ4n) is 1.36. The number of rotatable bonds is 3. The molecule has 0 aliphatic heterocycles. The second kappa shape index (κ2) is 5.46. The van der Waals surface area contributed by atoms with Gasteiger partial charge in [0.15, 0.2) is 0 Å². The predicted octanol–water partition coefficient (Wildman–Crippen LogP) is 2.66. The number of nitrogens with zero attached hydrogens (tertiary/aromatic N) is 2. The smallest absolute Gasteiger partial charge is 0.337 e. The molecule has 1 aromatic heterocycles. The van der Waals surface area contributed by atoms with Gasteiger partial charge in [0, 0.05) is 11.8 Å². The van der Waals surface area contributed by atoms with E-state index < -0.39 is 0 Å². The summed E-state index contributed by atoms with van der Waals surface area (Å²) in [6.07, 6.45) is 1.37. The highest BCUT2D eigenvalue weighted by molar-refractivity contribution is 6.29. The maximum Gasteiger partial charge on any atom is 0.337 e. The number of nitrogens with one attached hydrogen (secondary N) is 1. The van der Waals surface area contributed by atoms with E-state index in [9.17, 15) is 4.79 Å². The van der Waals surface area contributed by atoms with Gasteiger partial charge in [-0.3, -0.25) is 0 Å². The summed E-state index contributed by atoms with van der Waals surface area (Å²) in [4.78, 5) is 19.0. The first-order valence-electron chi connectivity index (χ1n) is 5.12. The maximum absolute atomic E-state index is 11.2. The fraction of sp³-hybridized carbons (Fsp3) is 0.0833. The Morgan fingerprint density at radius 2 is 2.00 bits per heavy atom. The van der Waals surface area contributed by atoms with Crippen molar-refractivity contribution in [3.8, 4) is 0 Å². The lowest BCUT2D eigenvalue weighted by molar-refractivity contribution is 0.0601. The van der Waals surface area contributed by atoms with Gasteiger partial charge in [-0.2, -0.15) is 0 Å². The van der Waals surface area contributed by atoms with Crippen LogP contribution in [-0.4, -0.2) is 23.0 Å². The molecule has 0 fully saturated rings. The van der Waals surface area contributed by atoms with Gasteiger partial charge in [0.05, 0.1) is 12.7 Å². The zero-order chi connectivity index (χ0) is 13.0. The Kier molecular flexibility index (Phi) is 3.74. The average Bonchev–Trinajstić information content (AvgIpc) is 2.39. The second-order valence-electron chi connectivity index (χ2n) is 3.42. The quantitative estimate of drug-likeness (QED) is 0.681. The zero-order valence-electron chi connectivity index (χ0n) is 9.55. The van der Waals surface area contributed by atoms with Crippen LogP contribution in [0.15, 0.2) is 36.7 Å². The predicted molar refractivity (Wildman–Crippen MR) is 68.1 cm³/mol. The summed E-state index contributed by atoms with van der Waals surface area (Å²) in [5, 5.41) is 3.40. The summed E-state index contributed by atoms with van der Waals surface area (Å²) < 4.78 is 4.61. The number of ether oxygens (including phenoxy) is 1. The SMILES string of the molecule is COC(=O)c1ccc(Nc2cc(Cl)ncn2)cc1. The molecule has 0 spiro atoms. The molecule has 0 saturated heterocycles. The number of hydrogen-bond donors (Lipinski definition) is 1. The van der Waals surface area contributed by atoms with E-state index in [1.807, 2.05) is 0 Å². The minimum absolute atomic E-state index is 0.360. The Balaban J connectivity index is 2.13. The van der Waals surface area contributed by atoms with Gasteiger partial charge in [-0.15, -0.1) is 0 Å². The topological polar surface area (TPSA) is 64.1 Å². The first-order chi connectivity index (χ1) is 8.69. The average molecular weight is 264 g/mol. The second-order valence-corrected chi connectivity index (χ2v) is 3.81. The summed E-state index contributed by atoms with van der Waals surface area (Å²) in [5.74, 6) is 0.215. The third-order valence-corrected chi connectivity index (χ3v) is 2.42. The molecule has 0 aliphatic rings.